The summed E-state index contributed by atoms with van der Waals surface area (Å²) in [4.78, 5) is 11.2. The average Bonchev–Trinajstić information content (AvgIpc) is 2.41. The summed E-state index contributed by atoms with van der Waals surface area (Å²) in [5.74, 6) is 2.63. The van der Waals surface area contributed by atoms with Crippen molar-refractivity contribution in [3.05, 3.63) is 0 Å². The molecule has 2 N–H and O–H groups in total. The highest BCUT2D eigenvalue weighted by Gasteiger charge is 2.00. The van der Waals surface area contributed by atoms with E-state index in [-0.39, 0.29) is 12.0 Å². The van der Waals surface area contributed by atoms with Gasteiger partial charge >= 0.3 is 6.09 Å². The smallest absolute Gasteiger partial charge is 0.407 e. The molecule has 9 heteroatoms. The molecule has 0 aliphatic carbocycles. The van der Waals surface area contributed by atoms with Gasteiger partial charge in [0.25, 0.3) is 0 Å². The molecule has 0 aliphatic heterocycles. The van der Waals surface area contributed by atoms with Gasteiger partial charge in [-0.05, 0) is 5.75 Å². The second-order valence-electron chi connectivity index (χ2n) is 2.95. The van der Waals surface area contributed by atoms with Gasteiger partial charge in [0.15, 0.2) is 0 Å². The fourth-order valence-corrected chi connectivity index (χ4v) is 5.28. The maximum atomic E-state index is 11.2. The van der Waals surface area contributed by atoms with Crippen molar-refractivity contribution in [3.8, 4) is 0 Å². The highest BCUT2D eigenvalue weighted by Crippen LogP contribution is 2.17. The summed E-state index contributed by atoms with van der Waals surface area (Å²) in [6, 6.07) is 0. The van der Waals surface area contributed by atoms with Crippen LogP contribution in [0.4, 0.5) is 4.79 Å². The molecule has 0 unspecified atom stereocenters. The molecule has 0 bridgehead atoms. The molecule has 0 aromatic heterocycles. The monoisotopic (exact) mass is 363 g/mol. The molecular weight excluding hydrogens is 342 g/mol. The number of hydrogen-bond acceptors (Lipinski definition) is 8. The van der Waals surface area contributed by atoms with Crippen molar-refractivity contribution in [2.75, 3.05) is 45.2 Å². The summed E-state index contributed by atoms with van der Waals surface area (Å²) >= 11 is 8.57. The predicted octanol–water partition coefficient (Wildman–Crippen LogP) is 3.18. The molecule has 1 amide bonds. The molecule has 0 aromatic carbocycles. The Balaban J connectivity index is 3.12. The van der Waals surface area contributed by atoms with Crippen LogP contribution in [0.2, 0.25) is 0 Å². The van der Waals surface area contributed by atoms with Crippen LogP contribution in [0, 0.1) is 0 Å². The zero-order chi connectivity index (χ0) is 14.2. The Morgan fingerprint density at radius 3 is 2.58 bits per heavy atom. The van der Waals surface area contributed by atoms with E-state index in [0.29, 0.717) is 12.5 Å². The highest BCUT2D eigenvalue weighted by atomic mass is 32.2. The predicted molar refractivity (Wildman–Crippen MR) is 94.4 cm³/mol. The third-order valence-electron chi connectivity index (χ3n) is 1.57. The zero-order valence-corrected chi connectivity index (χ0v) is 15.0. The lowest BCUT2D eigenvalue weighted by Crippen LogP contribution is -2.24. The van der Waals surface area contributed by atoms with Crippen molar-refractivity contribution in [1.82, 2.24) is 5.32 Å². The van der Waals surface area contributed by atoms with E-state index in [1.54, 1.807) is 23.5 Å². The SMILES string of the molecule is CCSCSCSCCOC(=O)NCSCSCO. The number of aliphatic hydroxyl groups excluding tert-OH is 1. The minimum atomic E-state index is -0.365. The molecule has 0 heterocycles. The van der Waals surface area contributed by atoms with Gasteiger partial charge in [0.2, 0.25) is 0 Å². The Morgan fingerprint density at radius 1 is 1.11 bits per heavy atom. The van der Waals surface area contributed by atoms with Crippen LogP contribution >= 0.6 is 58.8 Å². The summed E-state index contributed by atoms with van der Waals surface area (Å²) in [7, 11) is 0. The molecule has 0 radical (unpaired) electrons. The number of rotatable bonds is 13. The first-order valence-electron chi connectivity index (χ1n) is 5.71. The molecule has 0 fully saturated rings. The van der Waals surface area contributed by atoms with Gasteiger partial charge in [0.1, 0.15) is 6.61 Å². The first kappa shape index (κ1) is 20.0. The van der Waals surface area contributed by atoms with Crippen molar-refractivity contribution in [2.45, 2.75) is 6.92 Å². The number of amides is 1. The van der Waals surface area contributed by atoms with Crippen molar-refractivity contribution in [1.29, 1.82) is 0 Å². The molecule has 0 aromatic rings. The van der Waals surface area contributed by atoms with Gasteiger partial charge in [-0.15, -0.1) is 47.0 Å². The van der Waals surface area contributed by atoms with Gasteiger partial charge in [-0.3, -0.25) is 0 Å². The number of thioether (sulfide) groups is 5. The molecule has 114 valence electrons. The number of carbonyl (C=O) groups is 1. The van der Waals surface area contributed by atoms with Gasteiger partial charge < -0.3 is 15.2 Å². The van der Waals surface area contributed by atoms with Crippen molar-refractivity contribution < 1.29 is 14.6 Å². The van der Waals surface area contributed by atoms with E-state index in [0.717, 1.165) is 26.8 Å². The van der Waals surface area contributed by atoms with Crippen LogP contribution in [0.3, 0.4) is 0 Å². The maximum absolute atomic E-state index is 11.2. The van der Waals surface area contributed by atoms with E-state index in [1.165, 1.54) is 11.8 Å². The Bertz CT molecular complexity index is 212. The lowest BCUT2D eigenvalue weighted by Gasteiger charge is -2.06. The molecule has 0 atom stereocenters. The summed E-state index contributed by atoms with van der Waals surface area (Å²) in [5.41, 5.74) is 0. The van der Waals surface area contributed by atoms with Crippen LogP contribution in [-0.2, 0) is 4.74 Å². The van der Waals surface area contributed by atoms with Gasteiger partial charge in [-0.2, -0.15) is 11.8 Å². The number of alkyl carbamates (subject to hydrolysis) is 1. The summed E-state index contributed by atoms with van der Waals surface area (Å²) in [5, 5.41) is 14.1. The fraction of sp³-hybridized carbons (Fsp3) is 0.900. The number of nitrogens with one attached hydrogen (secondary N) is 1. The standard InChI is InChI=1S/C10H21NO3S5/c1-2-15-7-19-8-16-4-3-14-10(13)11-5-17-9-18-6-12/h12H,2-9H2,1H3,(H,11,13). The minimum Gasteiger partial charge on any atom is -0.449 e. The zero-order valence-electron chi connectivity index (χ0n) is 11.0. The third-order valence-corrected chi connectivity index (χ3v) is 6.97. The largest absolute Gasteiger partial charge is 0.449 e. The highest BCUT2D eigenvalue weighted by molar-refractivity contribution is 8.22. The van der Waals surface area contributed by atoms with Crippen molar-refractivity contribution in [3.63, 3.8) is 0 Å². The van der Waals surface area contributed by atoms with Crippen LogP contribution in [-0.4, -0.2) is 56.4 Å². The van der Waals surface area contributed by atoms with Gasteiger partial charge in [-0.1, -0.05) is 6.92 Å². The first-order chi connectivity index (χ1) is 9.31. The van der Waals surface area contributed by atoms with E-state index < -0.39 is 0 Å². The summed E-state index contributed by atoms with van der Waals surface area (Å²) in [6.45, 7) is 2.61. The number of hydrogen-bond donors (Lipinski definition) is 2. The van der Waals surface area contributed by atoms with Crippen LogP contribution in [0.15, 0.2) is 0 Å². The minimum absolute atomic E-state index is 0.115. The molecule has 0 saturated heterocycles. The molecule has 0 saturated carbocycles. The van der Waals surface area contributed by atoms with Crippen LogP contribution in [0.5, 0.6) is 0 Å². The van der Waals surface area contributed by atoms with E-state index in [1.807, 2.05) is 23.5 Å². The Hall–Kier alpha value is 0.980. The topological polar surface area (TPSA) is 58.6 Å². The fourth-order valence-electron chi connectivity index (χ4n) is 0.786. The number of ether oxygens (including phenoxy) is 1. The average molecular weight is 364 g/mol. The second-order valence-corrected chi connectivity index (χ2v) is 9.36. The van der Waals surface area contributed by atoms with Gasteiger partial charge in [-0.25, -0.2) is 4.79 Å². The number of aliphatic hydroxyl groups is 1. The summed E-state index contributed by atoms with van der Waals surface area (Å²) < 4.78 is 5.02. The normalized spacial score (nSPS) is 10.4. The molecular formula is C10H21NO3S5. The van der Waals surface area contributed by atoms with Crippen LogP contribution in [0.1, 0.15) is 6.92 Å². The Kier molecular flexibility index (Phi) is 17.9. The third kappa shape index (κ3) is 16.9. The molecule has 0 spiro atoms. The van der Waals surface area contributed by atoms with Gasteiger partial charge in [0, 0.05) is 21.0 Å². The molecule has 0 aliphatic rings. The summed E-state index contributed by atoms with van der Waals surface area (Å²) in [6.07, 6.45) is -0.365. The molecule has 0 rings (SSSR count). The number of carbonyl (C=O) groups excluding carboxylic acids is 1. The van der Waals surface area contributed by atoms with Crippen molar-refractivity contribution in [2.24, 2.45) is 0 Å². The second kappa shape index (κ2) is 17.0. The van der Waals surface area contributed by atoms with Crippen LogP contribution in [0.25, 0.3) is 0 Å². The quantitative estimate of drug-likeness (QED) is 0.382. The molecule has 19 heavy (non-hydrogen) atoms. The Labute approximate surface area is 136 Å². The lowest BCUT2D eigenvalue weighted by molar-refractivity contribution is 0.155. The van der Waals surface area contributed by atoms with Crippen LogP contribution < -0.4 is 5.32 Å². The molecule has 4 nitrogen and oxygen atoms in total. The first-order valence-corrected chi connectivity index (χ1v) is 11.5. The van der Waals surface area contributed by atoms with Gasteiger partial charge in [0.05, 0.1) is 11.8 Å². The lowest BCUT2D eigenvalue weighted by atomic mass is 10.8. The van der Waals surface area contributed by atoms with E-state index in [9.17, 15) is 4.79 Å². The van der Waals surface area contributed by atoms with Crippen molar-refractivity contribution >= 4 is 64.9 Å². The van der Waals surface area contributed by atoms with E-state index in [4.69, 9.17) is 9.84 Å². The maximum Gasteiger partial charge on any atom is 0.407 e. The van der Waals surface area contributed by atoms with E-state index in [2.05, 4.69) is 12.2 Å². The van der Waals surface area contributed by atoms with E-state index >= 15 is 0 Å². The Morgan fingerprint density at radius 2 is 1.84 bits per heavy atom.